The fourth-order valence-corrected chi connectivity index (χ4v) is 2.64. The molecule has 1 aromatic rings. The van der Waals surface area contributed by atoms with E-state index >= 15 is 0 Å². The second-order valence-electron chi connectivity index (χ2n) is 5.39. The van der Waals surface area contributed by atoms with Crippen molar-refractivity contribution in [2.24, 2.45) is 5.92 Å². The lowest BCUT2D eigenvalue weighted by Crippen LogP contribution is -2.38. The van der Waals surface area contributed by atoms with Crippen LogP contribution in [-0.4, -0.2) is 35.1 Å². The molecule has 6 nitrogen and oxygen atoms in total. The van der Waals surface area contributed by atoms with Crippen LogP contribution in [0.4, 0.5) is 0 Å². The maximum Gasteiger partial charge on any atom is 0.306 e. The molecule has 1 amide bonds. The molecule has 0 atom stereocenters. The Hall–Kier alpha value is -2.11. The molecule has 0 saturated heterocycles. The lowest BCUT2D eigenvalue weighted by atomic mass is 9.86. The fourth-order valence-electron chi connectivity index (χ4n) is 2.64. The molecule has 1 aliphatic rings. The highest BCUT2D eigenvalue weighted by atomic mass is 16.5. The van der Waals surface area contributed by atoms with Crippen molar-refractivity contribution >= 4 is 11.9 Å². The van der Waals surface area contributed by atoms with Gasteiger partial charge in [-0.2, -0.15) is 0 Å². The van der Waals surface area contributed by atoms with Gasteiger partial charge in [0, 0.05) is 11.7 Å². The minimum atomic E-state index is -0.744. The van der Waals surface area contributed by atoms with Crippen molar-refractivity contribution < 1.29 is 19.4 Å². The molecule has 1 heterocycles. The normalized spacial score (nSPS) is 21.6. The van der Waals surface area contributed by atoms with Gasteiger partial charge in [-0.25, -0.2) is 0 Å². The van der Waals surface area contributed by atoms with E-state index in [4.69, 9.17) is 9.84 Å². The van der Waals surface area contributed by atoms with E-state index in [1.165, 1.54) is 13.3 Å². The SMILES string of the molecule is COc1cnc(C)cc1C(=O)NC1CCC(C(=O)O)CC1. The molecule has 0 aromatic carbocycles. The van der Waals surface area contributed by atoms with E-state index in [1.54, 1.807) is 6.07 Å². The van der Waals surface area contributed by atoms with Gasteiger partial charge in [-0.3, -0.25) is 14.6 Å². The summed E-state index contributed by atoms with van der Waals surface area (Å²) >= 11 is 0. The quantitative estimate of drug-likeness (QED) is 0.883. The number of methoxy groups -OCH3 is 1. The number of hydrogen-bond acceptors (Lipinski definition) is 4. The Morgan fingerprint density at radius 3 is 2.57 bits per heavy atom. The summed E-state index contributed by atoms with van der Waals surface area (Å²) in [6, 6.07) is 1.71. The molecule has 1 fully saturated rings. The third-order valence-corrected chi connectivity index (χ3v) is 3.88. The van der Waals surface area contributed by atoms with E-state index in [2.05, 4.69) is 10.3 Å². The van der Waals surface area contributed by atoms with Crippen LogP contribution in [0.3, 0.4) is 0 Å². The van der Waals surface area contributed by atoms with Crippen molar-refractivity contribution in [1.29, 1.82) is 0 Å². The first-order valence-electron chi connectivity index (χ1n) is 7.05. The minimum Gasteiger partial charge on any atom is -0.494 e. The van der Waals surface area contributed by atoms with E-state index in [-0.39, 0.29) is 17.9 Å². The Balaban J connectivity index is 1.99. The number of rotatable bonds is 4. The summed E-state index contributed by atoms with van der Waals surface area (Å²) in [6.45, 7) is 1.81. The van der Waals surface area contributed by atoms with Crippen molar-refractivity contribution in [2.45, 2.75) is 38.6 Å². The molecular formula is C15H20N2O4. The van der Waals surface area contributed by atoms with Gasteiger partial charge >= 0.3 is 5.97 Å². The van der Waals surface area contributed by atoms with Gasteiger partial charge in [0.1, 0.15) is 5.75 Å². The number of carbonyl (C=O) groups excluding carboxylic acids is 1. The van der Waals surface area contributed by atoms with E-state index in [9.17, 15) is 9.59 Å². The molecule has 1 aromatic heterocycles. The van der Waals surface area contributed by atoms with Gasteiger partial charge in [0.2, 0.25) is 0 Å². The first-order chi connectivity index (χ1) is 10.0. The van der Waals surface area contributed by atoms with Crippen molar-refractivity contribution in [3.8, 4) is 5.75 Å². The van der Waals surface area contributed by atoms with Crippen LogP contribution in [0.5, 0.6) is 5.75 Å². The molecular weight excluding hydrogens is 272 g/mol. The number of aryl methyl sites for hydroxylation is 1. The number of pyridine rings is 1. The first-order valence-corrected chi connectivity index (χ1v) is 7.05. The Kier molecular flexibility index (Phi) is 4.77. The molecule has 2 N–H and O–H groups in total. The van der Waals surface area contributed by atoms with E-state index in [1.807, 2.05) is 6.92 Å². The van der Waals surface area contributed by atoms with Gasteiger partial charge in [0.05, 0.1) is 24.8 Å². The monoisotopic (exact) mass is 292 g/mol. The lowest BCUT2D eigenvalue weighted by Gasteiger charge is -2.27. The molecule has 0 spiro atoms. The second kappa shape index (κ2) is 6.56. The van der Waals surface area contributed by atoms with E-state index in [0.717, 1.165) is 5.69 Å². The average Bonchev–Trinajstić information content (AvgIpc) is 2.47. The van der Waals surface area contributed by atoms with Crippen LogP contribution in [-0.2, 0) is 4.79 Å². The third kappa shape index (κ3) is 3.71. The van der Waals surface area contributed by atoms with E-state index in [0.29, 0.717) is 37.0 Å². The summed E-state index contributed by atoms with van der Waals surface area (Å²) in [5.74, 6) is -0.782. The maximum absolute atomic E-state index is 12.3. The van der Waals surface area contributed by atoms with Crippen LogP contribution < -0.4 is 10.1 Å². The van der Waals surface area contributed by atoms with Crippen molar-refractivity contribution in [1.82, 2.24) is 10.3 Å². The summed E-state index contributed by atoms with van der Waals surface area (Å²) < 4.78 is 5.16. The molecule has 21 heavy (non-hydrogen) atoms. The van der Waals surface area contributed by atoms with Gasteiger partial charge < -0.3 is 15.2 Å². The number of nitrogens with zero attached hydrogens (tertiary/aromatic N) is 1. The van der Waals surface area contributed by atoms with Crippen LogP contribution in [0.2, 0.25) is 0 Å². The number of carbonyl (C=O) groups is 2. The van der Waals surface area contributed by atoms with Crippen molar-refractivity contribution in [2.75, 3.05) is 7.11 Å². The molecule has 0 bridgehead atoms. The zero-order chi connectivity index (χ0) is 15.4. The van der Waals surface area contributed by atoms with Gasteiger partial charge in [-0.05, 0) is 38.7 Å². The Morgan fingerprint density at radius 1 is 1.33 bits per heavy atom. The molecule has 2 rings (SSSR count). The maximum atomic E-state index is 12.3. The molecule has 0 unspecified atom stereocenters. The van der Waals surface area contributed by atoms with Gasteiger partial charge in [-0.15, -0.1) is 0 Å². The summed E-state index contributed by atoms with van der Waals surface area (Å²) in [7, 11) is 1.50. The Bertz CT molecular complexity index is 536. The van der Waals surface area contributed by atoms with Crippen LogP contribution in [0.25, 0.3) is 0 Å². The number of nitrogens with one attached hydrogen (secondary N) is 1. The lowest BCUT2D eigenvalue weighted by molar-refractivity contribution is -0.142. The Labute approximate surface area is 123 Å². The highest BCUT2D eigenvalue weighted by Gasteiger charge is 2.27. The summed E-state index contributed by atoms with van der Waals surface area (Å²) in [5, 5.41) is 11.9. The van der Waals surface area contributed by atoms with Crippen LogP contribution in [0.1, 0.15) is 41.7 Å². The molecule has 1 saturated carbocycles. The number of hydrogen-bond donors (Lipinski definition) is 2. The number of amides is 1. The van der Waals surface area contributed by atoms with Crippen molar-refractivity contribution in [3.63, 3.8) is 0 Å². The van der Waals surface area contributed by atoms with Crippen LogP contribution in [0.15, 0.2) is 12.3 Å². The number of carboxylic acid groups (broad SMARTS) is 1. The minimum absolute atomic E-state index is 0.0197. The van der Waals surface area contributed by atoms with Gasteiger partial charge in [0.15, 0.2) is 0 Å². The van der Waals surface area contributed by atoms with Gasteiger partial charge in [-0.1, -0.05) is 0 Å². The first kappa shape index (κ1) is 15.3. The second-order valence-corrected chi connectivity index (χ2v) is 5.39. The zero-order valence-electron chi connectivity index (χ0n) is 12.3. The largest absolute Gasteiger partial charge is 0.494 e. The zero-order valence-corrected chi connectivity index (χ0v) is 12.3. The number of carboxylic acids is 1. The van der Waals surface area contributed by atoms with Gasteiger partial charge in [0.25, 0.3) is 5.91 Å². The number of ether oxygens (including phenoxy) is 1. The number of aromatic nitrogens is 1. The highest BCUT2D eigenvalue weighted by Crippen LogP contribution is 2.25. The van der Waals surface area contributed by atoms with Crippen LogP contribution in [0, 0.1) is 12.8 Å². The topological polar surface area (TPSA) is 88.5 Å². The van der Waals surface area contributed by atoms with E-state index < -0.39 is 5.97 Å². The van der Waals surface area contributed by atoms with Crippen LogP contribution >= 0.6 is 0 Å². The summed E-state index contributed by atoms with van der Waals surface area (Å²) in [4.78, 5) is 27.3. The summed E-state index contributed by atoms with van der Waals surface area (Å²) in [5.41, 5.74) is 1.21. The predicted octanol–water partition coefficient (Wildman–Crippen LogP) is 1.77. The highest BCUT2D eigenvalue weighted by molar-refractivity contribution is 5.97. The predicted molar refractivity (Wildman–Crippen MR) is 76.4 cm³/mol. The number of aliphatic carboxylic acids is 1. The average molecular weight is 292 g/mol. The molecule has 0 radical (unpaired) electrons. The Morgan fingerprint density at radius 2 is 2.00 bits per heavy atom. The molecule has 114 valence electrons. The third-order valence-electron chi connectivity index (χ3n) is 3.88. The summed E-state index contributed by atoms with van der Waals surface area (Å²) in [6.07, 6.45) is 4.12. The molecule has 0 aliphatic heterocycles. The molecule has 6 heteroatoms. The molecule has 1 aliphatic carbocycles. The smallest absolute Gasteiger partial charge is 0.306 e. The standard InChI is InChI=1S/C15H20N2O4/c1-9-7-12(13(21-2)8-16-9)14(18)17-11-5-3-10(4-6-11)15(19)20/h7-8,10-11H,3-6H2,1-2H3,(H,17,18)(H,19,20). The fraction of sp³-hybridized carbons (Fsp3) is 0.533. The van der Waals surface area contributed by atoms with Crippen molar-refractivity contribution in [3.05, 3.63) is 23.5 Å².